The molecule has 0 atom stereocenters. The third kappa shape index (κ3) is 1.94. The van der Waals surface area contributed by atoms with Crippen LogP contribution in [0.1, 0.15) is 36.8 Å². The minimum Gasteiger partial charge on any atom is -0.356 e. The molecule has 1 aliphatic heterocycles. The summed E-state index contributed by atoms with van der Waals surface area (Å²) in [6.45, 7) is 2.21. The normalized spacial score (nSPS) is 18.0. The lowest BCUT2D eigenvalue weighted by atomic mass is 10.1. The monoisotopic (exact) mass is 326 g/mol. The smallest absolute Gasteiger partial charge is 0.268 e. The van der Waals surface area contributed by atoms with Crippen molar-refractivity contribution in [3.8, 4) is 0 Å². The molecular formula is C17H18N4OS. The maximum atomic E-state index is 12.1. The van der Waals surface area contributed by atoms with Crippen LogP contribution >= 0.6 is 11.3 Å². The van der Waals surface area contributed by atoms with Crippen LogP contribution in [0, 0.1) is 0 Å². The molecule has 0 radical (unpaired) electrons. The molecule has 3 aromatic heterocycles. The standard InChI is InChI=1S/C17H18N4OS/c22-16-14-13(18-9-19-16)12-10-5-4-6-11(10)15(20-17(12)23-14)21-7-2-1-3-8-21/h9H,1-8H2,(H,18,19,22). The van der Waals surface area contributed by atoms with Gasteiger partial charge in [-0.05, 0) is 49.7 Å². The van der Waals surface area contributed by atoms with Crippen molar-refractivity contribution in [3.63, 3.8) is 0 Å². The molecule has 2 aliphatic rings. The average Bonchev–Trinajstić information content (AvgIpc) is 3.19. The molecule has 0 saturated carbocycles. The Labute approximate surface area is 137 Å². The Hall–Kier alpha value is -1.95. The van der Waals surface area contributed by atoms with Crippen LogP contribution in [-0.2, 0) is 12.8 Å². The summed E-state index contributed by atoms with van der Waals surface area (Å²) in [5.74, 6) is 1.17. The van der Waals surface area contributed by atoms with Crippen LogP contribution in [0.5, 0.6) is 0 Å². The number of hydrogen-bond acceptors (Lipinski definition) is 5. The number of piperidine rings is 1. The first-order chi connectivity index (χ1) is 11.3. The van der Waals surface area contributed by atoms with E-state index in [9.17, 15) is 4.79 Å². The number of hydrogen-bond donors (Lipinski definition) is 1. The molecule has 3 aromatic rings. The summed E-state index contributed by atoms with van der Waals surface area (Å²) in [5, 5.41) is 1.13. The Balaban J connectivity index is 1.83. The number of anilines is 1. The van der Waals surface area contributed by atoms with Gasteiger partial charge >= 0.3 is 0 Å². The molecule has 0 amide bonds. The molecule has 0 bridgehead atoms. The summed E-state index contributed by atoms with van der Waals surface area (Å²) in [4.78, 5) is 27.7. The van der Waals surface area contributed by atoms with E-state index in [1.165, 1.54) is 60.3 Å². The molecule has 5 nitrogen and oxygen atoms in total. The van der Waals surface area contributed by atoms with Gasteiger partial charge in [0.05, 0.1) is 11.8 Å². The molecule has 0 unspecified atom stereocenters. The quantitative estimate of drug-likeness (QED) is 0.747. The van der Waals surface area contributed by atoms with Gasteiger partial charge in [0.15, 0.2) is 0 Å². The van der Waals surface area contributed by atoms with Crippen LogP contribution in [0.15, 0.2) is 11.1 Å². The summed E-state index contributed by atoms with van der Waals surface area (Å²) >= 11 is 1.49. The number of pyridine rings is 1. The number of thiophene rings is 1. The molecule has 4 heterocycles. The lowest BCUT2D eigenvalue weighted by Gasteiger charge is -2.29. The zero-order valence-corrected chi connectivity index (χ0v) is 13.7. The van der Waals surface area contributed by atoms with Gasteiger partial charge < -0.3 is 9.88 Å². The van der Waals surface area contributed by atoms with E-state index in [0.29, 0.717) is 4.70 Å². The van der Waals surface area contributed by atoms with Crippen LogP contribution in [0.3, 0.4) is 0 Å². The lowest BCUT2D eigenvalue weighted by molar-refractivity contribution is 0.572. The van der Waals surface area contributed by atoms with E-state index >= 15 is 0 Å². The molecule has 0 spiro atoms. The second-order valence-electron chi connectivity index (χ2n) is 6.49. The minimum absolute atomic E-state index is 0.0516. The van der Waals surface area contributed by atoms with Crippen molar-refractivity contribution >= 4 is 37.6 Å². The second-order valence-corrected chi connectivity index (χ2v) is 7.48. The topological polar surface area (TPSA) is 61.9 Å². The zero-order valence-electron chi connectivity index (χ0n) is 12.9. The van der Waals surface area contributed by atoms with Crippen molar-refractivity contribution in [2.24, 2.45) is 0 Å². The molecule has 1 N–H and O–H groups in total. The molecule has 118 valence electrons. The first-order valence-corrected chi connectivity index (χ1v) is 9.21. The van der Waals surface area contributed by atoms with E-state index in [4.69, 9.17) is 4.98 Å². The Kier molecular flexibility index (Phi) is 2.95. The van der Waals surface area contributed by atoms with E-state index in [1.807, 2.05) is 0 Å². The van der Waals surface area contributed by atoms with Gasteiger partial charge in [0, 0.05) is 18.5 Å². The summed E-state index contributed by atoms with van der Waals surface area (Å²) in [6, 6.07) is 0. The average molecular weight is 326 g/mol. The molecule has 23 heavy (non-hydrogen) atoms. The molecule has 1 fully saturated rings. The highest BCUT2D eigenvalue weighted by Crippen LogP contribution is 2.41. The van der Waals surface area contributed by atoms with Gasteiger partial charge in [0.2, 0.25) is 0 Å². The Morgan fingerprint density at radius 3 is 2.78 bits per heavy atom. The van der Waals surface area contributed by atoms with E-state index in [1.54, 1.807) is 0 Å². The third-order valence-electron chi connectivity index (χ3n) is 5.11. The second kappa shape index (κ2) is 5.03. The van der Waals surface area contributed by atoms with Crippen LogP contribution in [0.2, 0.25) is 0 Å². The largest absolute Gasteiger partial charge is 0.356 e. The summed E-state index contributed by atoms with van der Waals surface area (Å²) in [7, 11) is 0. The zero-order chi connectivity index (χ0) is 15.4. The highest BCUT2D eigenvalue weighted by molar-refractivity contribution is 7.25. The lowest BCUT2D eigenvalue weighted by Crippen LogP contribution is -2.31. The van der Waals surface area contributed by atoms with Gasteiger partial charge in [0.25, 0.3) is 5.56 Å². The molecule has 5 rings (SSSR count). The highest BCUT2D eigenvalue weighted by Gasteiger charge is 2.26. The first-order valence-electron chi connectivity index (χ1n) is 8.39. The van der Waals surface area contributed by atoms with Crippen LogP contribution in [0.4, 0.5) is 5.82 Å². The molecule has 6 heteroatoms. The van der Waals surface area contributed by atoms with Gasteiger partial charge in [-0.1, -0.05) is 0 Å². The number of fused-ring (bicyclic) bond motifs is 5. The molecular weight excluding hydrogens is 308 g/mol. The highest BCUT2D eigenvalue weighted by atomic mass is 32.1. The number of nitrogens with zero attached hydrogens (tertiary/aromatic N) is 3. The summed E-state index contributed by atoms with van der Waals surface area (Å²) in [6.07, 6.45) is 8.70. The number of aromatic amines is 1. The van der Waals surface area contributed by atoms with E-state index in [2.05, 4.69) is 14.9 Å². The van der Waals surface area contributed by atoms with Crippen LogP contribution < -0.4 is 10.5 Å². The van der Waals surface area contributed by atoms with Crippen molar-refractivity contribution in [2.75, 3.05) is 18.0 Å². The fraction of sp³-hybridized carbons (Fsp3) is 0.471. The SMILES string of the molecule is O=c1[nH]cnc2c1sc1nc(N3CCCCC3)c3c(c12)CCC3. The van der Waals surface area contributed by atoms with Gasteiger partial charge in [0.1, 0.15) is 15.3 Å². The fourth-order valence-corrected chi connectivity index (χ4v) is 5.11. The van der Waals surface area contributed by atoms with Crippen LogP contribution in [-0.4, -0.2) is 28.0 Å². The van der Waals surface area contributed by atoms with Gasteiger partial charge in [-0.2, -0.15) is 0 Å². The number of aromatic nitrogens is 3. The van der Waals surface area contributed by atoms with Crippen molar-refractivity contribution in [3.05, 3.63) is 27.8 Å². The van der Waals surface area contributed by atoms with Gasteiger partial charge in [-0.15, -0.1) is 11.3 Å². The van der Waals surface area contributed by atoms with Crippen LogP contribution in [0.25, 0.3) is 20.4 Å². The van der Waals surface area contributed by atoms with Gasteiger partial charge in [-0.25, -0.2) is 9.97 Å². The predicted molar refractivity (Wildman–Crippen MR) is 93.6 cm³/mol. The first kappa shape index (κ1) is 13.5. The number of rotatable bonds is 1. The van der Waals surface area contributed by atoms with Gasteiger partial charge in [-0.3, -0.25) is 4.79 Å². The Morgan fingerprint density at radius 1 is 1.09 bits per heavy atom. The number of H-pyrrole nitrogens is 1. The van der Waals surface area contributed by atoms with Crippen molar-refractivity contribution < 1.29 is 0 Å². The van der Waals surface area contributed by atoms with E-state index < -0.39 is 0 Å². The predicted octanol–water partition coefficient (Wildman–Crippen LogP) is 3.01. The Bertz CT molecular complexity index is 968. The molecule has 0 aromatic carbocycles. The van der Waals surface area contributed by atoms with Crippen molar-refractivity contribution in [1.82, 2.24) is 15.0 Å². The summed E-state index contributed by atoms with van der Waals surface area (Å²) < 4.78 is 0.708. The van der Waals surface area contributed by atoms with E-state index in [-0.39, 0.29) is 5.56 Å². The number of aryl methyl sites for hydroxylation is 1. The third-order valence-corrected chi connectivity index (χ3v) is 6.18. The Morgan fingerprint density at radius 2 is 1.91 bits per heavy atom. The molecule has 1 saturated heterocycles. The van der Waals surface area contributed by atoms with E-state index in [0.717, 1.165) is 41.7 Å². The maximum absolute atomic E-state index is 12.1. The number of nitrogens with one attached hydrogen (secondary N) is 1. The van der Waals surface area contributed by atoms with Crippen molar-refractivity contribution in [1.29, 1.82) is 0 Å². The van der Waals surface area contributed by atoms with Crippen molar-refractivity contribution in [2.45, 2.75) is 38.5 Å². The maximum Gasteiger partial charge on any atom is 0.268 e. The minimum atomic E-state index is -0.0516. The molecule has 1 aliphatic carbocycles. The summed E-state index contributed by atoms with van der Waals surface area (Å²) in [5.41, 5.74) is 3.58. The fourth-order valence-electron chi connectivity index (χ4n) is 4.06.